The number of halogens is 3. The Morgan fingerprint density at radius 2 is 1.55 bits per heavy atom. The normalized spacial score (nSPS) is 15.4. The summed E-state index contributed by atoms with van der Waals surface area (Å²) in [7, 11) is -0.868. The molecule has 0 spiro atoms. The monoisotopic (exact) mass is 486 g/mol. The number of sulfonamides is 1. The standard InChI is InChI=1S/C22H25F3N2O5S/c1-31-19-9-3-16(15-20(19)32-2)4-10-21(28)26-11-13-27(14-12-26)33(29,30)18-7-5-17(6-8-18)22(23,24)25/h3,5-9,15H,4,10-14H2,1-2H3. The van der Waals surface area contributed by atoms with Crippen molar-refractivity contribution in [2.24, 2.45) is 0 Å². The van der Waals surface area contributed by atoms with Crippen LogP contribution in [0.15, 0.2) is 47.4 Å². The van der Waals surface area contributed by atoms with E-state index in [1.54, 1.807) is 24.1 Å². The average molecular weight is 487 g/mol. The molecule has 0 aliphatic carbocycles. The maximum atomic E-state index is 12.8. The first-order valence-corrected chi connectivity index (χ1v) is 11.7. The molecule has 0 aromatic heterocycles. The zero-order valence-electron chi connectivity index (χ0n) is 18.3. The minimum atomic E-state index is -4.54. The van der Waals surface area contributed by atoms with Gasteiger partial charge in [0.1, 0.15) is 0 Å². The molecule has 1 fully saturated rings. The van der Waals surface area contributed by atoms with Crippen LogP contribution in [0.25, 0.3) is 0 Å². The van der Waals surface area contributed by atoms with Crippen LogP contribution in [0.3, 0.4) is 0 Å². The van der Waals surface area contributed by atoms with E-state index in [2.05, 4.69) is 0 Å². The van der Waals surface area contributed by atoms with Crippen molar-refractivity contribution in [3.63, 3.8) is 0 Å². The molecule has 0 unspecified atom stereocenters. The number of hydrogen-bond acceptors (Lipinski definition) is 5. The fourth-order valence-electron chi connectivity index (χ4n) is 3.59. The Morgan fingerprint density at radius 1 is 0.939 bits per heavy atom. The van der Waals surface area contributed by atoms with Gasteiger partial charge in [0, 0.05) is 32.6 Å². The van der Waals surface area contributed by atoms with Crippen LogP contribution < -0.4 is 9.47 Å². The van der Waals surface area contributed by atoms with E-state index in [0.717, 1.165) is 29.8 Å². The summed E-state index contributed by atoms with van der Waals surface area (Å²) in [5.41, 5.74) is -0.00383. The van der Waals surface area contributed by atoms with Gasteiger partial charge in [0.05, 0.1) is 24.7 Å². The van der Waals surface area contributed by atoms with Crippen molar-refractivity contribution < 1.29 is 35.9 Å². The summed E-state index contributed by atoms with van der Waals surface area (Å²) in [5.74, 6) is 1.07. The Morgan fingerprint density at radius 3 is 2.09 bits per heavy atom. The number of ether oxygens (including phenoxy) is 2. The summed E-state index contributed by atoms with van der Waals surface area (Å²) < 4.78 is 75.4. The Hall–Kier alpha value is -2.79. The van der Waals surface area contributed by atoms with Gasteiger partial charge in [-0.25, -0.2) is 8.42 Å². The molecule has 0 bridgehead atoms. The lowest BCUT2D eigenvalue weighted by molar-refractivity contribution is -0.137. The molecule has 1 aliphatic heterocycles. The summed E-state index contributed by atoms with van der Waals surface area (Å²) in [6.07, 6.45) is -3.80. The molecule has 0 N–H and O–H groups in total. The van der Waals surface area contributed by atoms with Gasteiger partial charge in [0.15, 0.2) is 11.5 Å². The van der Waals surface area contributed by atoms with Crippen molar-refractivity contribution >= 4 is 15.9 Å². The lowest BCUT2D eigenvalue weighted by atomic mass is 10.1. The molecule has 2 aromatic carbocycles. The number of rotatable bonds is 7. The van der Waals surface area contributed by atoms with Gasteiger partial charge >= 0.3 is 6.18 Å². The summed E-state index contributed by atoms with van der Waals surface area (Å²) in [5, 5.41) is 0. The number of alkyl halides is 3. The topological polar surface area (TPSA) is 76.2 Å². The van der Waals surface area contributed by atoms with Crippen molar-refractivity contribution in [3.8, 4) is 11.5 Å². The highest BCUT2D eigenvalue weighted by molar-refractivity contribution is 7.89. The number of carbonyl (C=O) groups excluding carboxylic acids is 1. The van der Waals surface area contributed by atoms with Crippen LogP contribution in [0.1, 0.15) is 17.5 Å². The maximum absolute atomic E-state index is 12.8. The number of nitrogens with zero attached hydrogens (tertiary/aromatic N) is 2. The van der Waals surface area contributed by atoms with E-state index in [-0.39, 0.29) is 43.4 Å². The molecule has 33 heavy (non-hydrogen) atoms. The van der Waals surface area contributed by atoms with Gasteiger partial charge in [-0.2, -0.15) is 17.5 Å². The van der Waals surface area contributed by atoms with Crippen LogP contribution >= 0.6 is 0 Å². The van der Waals surface area contributed by atoms with Gasteiger partial charge in [-0.05, 0) is 48.4 Å². The fraction of sp³-hybridized carbons (Fsp3) is 0.409. The summed E-state index contributed by atoms with van der Waals surface area (Å²) in [6.45, 7) is 0.576. The molecule has 0 atom stereocenters. The second kappa shape index (κ2) is 10.0. The van der Waals surface area contributed by atoms with Crippen LogP contribution in [-0.2, 0) is 27.4 Å². The van der Waals surface area contributed by atoms with Gasteiger partial charge in [-0.15, -0.1) is 0 Å². The smallest absolute Gasteiger partial charge is 0.416 e. The van der Waals surface area contributed by atoms with E-state index in [0.29, 0.717) is 17.9 Å². The maximum Gasteiger partial charge on any atom is 0.416 e. The number of hydrogen-bond donors (Lipinski definition) is 0. The molecule has 0 radical (unpaired) electrons. The van der Waals surface area contributed by atoms with Gasteiger partial charge in [-0.1, -0.05) is 6.07 Å². The molecule has 1 heterocycles. The zero-order valence-corrected chi connectivity index (χ0v) is 19.1. The molecular weight excluding hydrogens is 461 g/mol. The SMILES string of the molecule is COc1ccc(CCC(=O)N2CCN(S(=O)(=O)c3ccc(C(F)(F)F)cc3)CC2)cc1OC. The van der Waals surface area contributed by atoms with Crippen molar-refractivity contribution in [3.05, 3.63) is 53.6 Å². The number of methoxy groups -OCH3 is 2. The minimum absolute atomic E-state index is 0.0749. The first-order chi connectivity index (χ1) is 15.6. The highest BCUT2D eigenvalue weighted by atomic mass is 32.2. The van der Waals surface area contributed by atoms with E-state index in [1.165, 1.54) is 11.4 Å². The molecule has 3 rings (SSSR count). The molecule has 11 heteroatoms. The van der Waals surface area contributed by atoms with Gasteiger partial charge in [0.25, 0.3) is 0 Å². The second-order valence-electron chi connectivity index (χ2n) is 7.50. The van der Waals surface area contributed by atoms with E-state index in [1.807, 2.05) is 6.07 Å². The number of carbonyl (C=O) groups is 1. The van der Waals surface area contributed by atoms with Crippen LogP contribution in [0.5, 0.6) is 11.5 Å². The summed E-state index contributed by atoms with van der Waals surface area (Å²) in [6, 6.07) is 8.84. The van der Waals surface area contributed by atoms with Crippen LogP contribution in [0.2, 0.25) is 0 Å². The largest absolute Gasteiger partial charge is 0.493 e. The number of amides is 1. The van der Waals surface area contributed by atoms with Crippen molar-refractivity contribution in [1.82, 2.24) is 9.21 Å². The van der Waals surface area contributed by atoms with Crippen LogP contribution in [0.4, 0.5) is 13.2 Å². The van der Waals surface area contributed by atoms with Gasteiger partial charge in [-0.3, -0.25) is 4.79 Å². The van der Waals surface area contributed by atoms with Gasteiger partial charge < -0.3 is 14.4 Å². The lowest BCUT2D eigenvalue weighted by Gasteiger charge is -2.34. The molecule has 180 valence electrons. The molecule has 7 nitrogen and oxygen atoms in total. The fourth-order valence-corrected chi connectivity index (χ4v) is 5.01. The number of aryl methyl sites for hydroxylation is 1. The van der Waals surface area contributed by atoms with E-state index >= 15 is 0 Å². The minimum Gasteiger partial charge on any atom is -0.493 e. The van der Waals surface area contributed by atoms with E-state index < -0.39 is 21.8 Å². The first-order valence-electron chi connectivity index (χ1n) is 10.2. The van der Waals surface area contributed by atoms with Crippen LogP contribution in [0, 0.1) is 0 Å². The summed E-state index contributed by atoms with van der Waals surface area (Å²) >= 11 is 0. The zero-order chi connectivity index (χ0) is 24.2. The highest BCUT2D eigenvalue weighted by Crippen LogP contribution is 2.30. The van der Waals surface area contributed by atoms with Gasteiger partial charge in [0.2, 0.25) is 15.9 Å². The first kappa shape index (κ1) is 24.8. The number of benzene rings is 2. The highest BCUT2D eigenvalue weighted by Gasteiger charge is 2.33. The molecular formula is C22H25F3N2O5S. The molecule has 0 saturated carbocycles. The lowest BCUT2D eigenvalue weighted by Crippen LogP contribution is -2.50. The predicted molar refractivity (Wildman–Crippen MR) is 115 cm³/mol. The number of piperazine rings is 1. The molecule has 1 aliphatic rings. The third-order valence-electron chi connectivity index (χ3n) is 5.49. The molecule has 2 aromatic rings. The molecule has 1 saturated heterocycles. The Bertz CT molecular complexity index is 1080. The second-order valence-corrected chi connectivity index (χ2v) is 9.43. The van der Waals surface area contributed by atoms with E-state index in [9.17, 15) is 26.4 Å². The van der Waals surface area contributed by atoms with Crippen molar-refractivity contribution in [2.45, 2.75) is 23.9 Å². The predicted octanol–water partition coefficient (Wildman–Crippen LogP) is 3.19. The van der Waals surface area contributed by atoms with Crippen LogP contribution in [-0.4, -0.2) is 63.9 Å². The quantitative estimate of drug-likeness (QED) is 0.601. The molecule has 1 amide bonds. The van der Waals surface area contributed by atoms with Crippen molar-refractivity contribution in [1.29, 1.82) is 0 Å². The Labute approximate surface area is 190 Å². The third kappa shape index (κ3) is 5.77. The Balaban J connectivity index is 1.56. The average Bonchev–Trinajstić information content (AvgIpc) is 2.81. The van der Waals surface area contributed by atoms with E-state index in [4.69, 9.17) is 9.47 Å². The third-order valence-corrected chi connectivity index (χ3v) is 7.40. The summed E-state index contributed by atoms with van der Waals surface area (Å²) in [4.78, 5) is 14.0. The van der Waals surface area contributed by atoms with Crippen molar-refractivity contribution in [2.75, 3.05) is 40.4 Å². The Kier molecular flexibility index (Phi) is 7.53.